The number of nitrogens with one attached hydrogen (secondary N) is 1. The molecular weight excluding hydrogens is 406 g/mol. The quantitative estimate of drug-likeness (QED) is 0.615. The molecule has 30 heavy (non-hydrogen) atoms. The van der Waals surface area contributed by atoms with Gasteiger partial charge < -0.3 is 19.4 Å². The van der Waals surface area contributed by atoms with Gasteiger partial charge in [-0.05, 0) is 43.2 Å². The smallest absolute Gasteiger partial charge is 0.289 e. The molecule has 0 saturated carbocycles. The third-order valence-electron chi connectivity index (χ3n) is 5.10. The van der Waals surface area contributed by atoms with Gasteiger partial charge in [-0.3, -0.25) is 14.5 Å². The Morgan fingerprint density at radius 2 is 1.90 bits per heavy atom. The lowest BCUT2D eigenvalue weighted by atomic mass is 10.0. The molecule has 7 nitrogen and oxygen atoms in total. The van der Waals surface area contributed by atoms with Gasteiger partial charge in [0.1, 0.15) is 6.04 Å². The van der Waals surface area contributed by atoms with Gasteiger partial charge in [0.05, 0.1) is 6.26 Å². The van der Waals surface area contributed by atoms with E-state index in [2.05, 4.69) is 10.2 Å². The van der Waals surface area contributed by atoms with Crippen molar-refractivity contribution in [2.75, 3.05) is 45.9 Å². The number of rotatable bonds is 9. The first-order valence-electron chi connectivity index (χ1n) is 10.3. The zero-order valence-electron chi connectivity index (χ0n) is 17.2. The van der Waals surface area contributed by atoms with Crippen molar-refractivity contribution < 1.29 is 18.7 Å². The maximum atomic E-state index is 13.0. The number of carbonyl (C=O) groups excluding carboxylic acids is 2. The first-order chi connectivity index (χ1) is 14.6. The largest absolute Gasteiger partial charge is 0.459 e. The van der Waals surface area contributed by atoms with Crippen LogP contribution in [0.1, 0.15) is 35.5 Å². The van der Waals surface area contributed by atoms with Crippen molar-refractivity contribution in [3.8, 4) is 0 Å². The van der Waals surface area contributed by atoms with Crippen molar-refractivity contribution >= 4 is 23.4 Å². The number of piperazine rings is 1. The SMILES string of the molecule is CCOCCCNC(=O)[C@H](c1ccc(Cl)cc1)N1CCN(C(=O)c2ccco2)CC1. The summed E-state index contributed by atoms with van der Waals surface area (Å²) in [4.78, 5) is 29.4. The molecule has 1 atom stereocenters. The summed E-state index contributed by atoms with van der Waals surface area (Å²) >= 11 is 6.04. The van der Waals surface area contributed by atoms with E-state index in [1.807, 2.05) is 19.1 Å². The topological polar surface area (TPSA) is 75.0 Å². The number of furan rings is 1. The lowest BCUT2D eigenvalue weighted by Crippen LogP contribution is -2.52. The minimum Gasteiger partial charge on any atom is -0.459 e. The highest BCUT2D eigenvalue weighted by atomic mass is 35.5. The molecular formula is C22H28ClN3O4. The summed E-state index contributed by atoms with van der Waals surface area (Å²) in [6.45, 7) is 6.03. The lowest BCUT2D eigenvalue weighted by Gasteiger charge is -2.38. The average molecular weight is 434 g/mol. The van der Waals surface area contributed by atoms with Gasteiger partial charge in [-0.2, -0.15) is 0 Å². The van der Waals surface area contributed by atoms with Crippen LogP contribution in [-0.4, -0.2) is 67.6 Å². The molecule has 1 aromatic heterocycles. The highest BCUT2D eigenvalue weighted by Gasteiger charge is 2.32. The van der Waals surface area contributed by atoms with Gasteiger partial charge in [0.25, 0.3) is 5.91 Å². The Bertz CT molecular complexity index is 802. The number of hydrogen-bond acceptors (Lipinski definition) is 5. The minimum absolute atomic E-state index is 0.0559. The molecule has 1 aromatic carbocycles. The number of nitrogens with zero attached hydrogens (tertiary/aromatic N) is 2. The van der Waals surface area contributed by atoms with Crippen LogP contribution in [0, 0.1) is 0 Å². The van der Waals surface area contributed by atoms with Gasteiger partial charge in [0, 0.05) is 51.0 Å². The van der Waals surface area contributed by atoms with Crippen molar-refractivity contribution in [1.29, 1.82) is 0 Å². The fourth-order valence-electron chi connectivity index (χ4n) is 3.54. The molecule has 2 heterocycles. The van der Waals surface area contributed by atoms with E-state index in [9.17, 15) is 9.59 Å². The molecule has 1 aliphatic rings. The number of carbonyl (C=O) groups is 2. The summed E-state index contributed by atoms with van der Waals surface area (Å²) in [5.74, 6) is 0.160. The number of ether oxygens (including phenoxy) is 1. The predicted molar refractivity (Wildman–Crippen MR) is 114 cm³/mol. The second-order valence-electron chi connectivity index (χ2n) is 7.10. The molecule has 0 unspecified atom stereocenters. The Kier molecular flexibility index (Phi) is 8.30. The van der Waals surface area contributed by atoms with E-state index < -0.39 is 6.04 Å². The summed E-state index contributed by atoms with van der Waals surface area (Å²) in [6, 6.07) is 10.3. The maximum Gasteiger partial charge on any atom is 0.289 e. The van der Waals surface area contributed by atoms with Crippen LogP contribution in [0.3, 0.4) is 0 Å². The van der Waals surface area contributed by atoms with Crippen molar-refractivity contribution in [3.05, 3.63) is 59.0 Å². The molecule has 162 valence electrons. The summed E-state index contributed by atoms with van der Waals surface area (Å²) in [6.07, 6.45) is 2.26. The van der Waals surface area contributed by atoms with Crippen LogP contribution in [0.25, 0.3) is 0 Å². The van der Waals surface area contributed by atoms with Crippen LogP contribution >= 0.6 is 11.6 Å². The van der Waals surface area contributed by atoms with Crippen LogP contribution in [0.2, 0.25) is 5.02 Å². The highest BCUT2D eigenvalue weighted by Crippen LogP contribution is 2.25. The fourth-order valence-corrected chi connectivity index (χ4v) is 3.67. The van der Waals surface area contributed by atoms with E-state index in [-0.39, 0.29) is 11.8 Å². The Hall–Kier alpha value is -2.35. The normalized spacial score (nSPS) is 15.7. The monoisotopic (exact) mass is 433 g/mol. The van der Waals surface area contributed by atoms with Gasteiger partial charge in [-0.1, -0.05) is 23.7 Å². The van der Waals surface area contributed by atoms with Crippen molar-refractivity contribution in [1.82, 2.24) is 15.1 Å². The first kappa shape index (κ1) is 22.3. The van der Waals surface area contributed by atoms with Gasteiger partial charge in [-0.25, -0.2) is 0 Å². The molecule has 1 saturated heterocycles. The second-order valence-corrected chi connectivity index (χ2v) is 7.54. The van der Waals surface area contributed by atoms with Crippen LogP contribution in [0.4, 0.5) is 0 Å². The molecule has 1 N–H and O–H groups in total. The molecule has 8 heteroatoms. The van der Waals surface area contributed by atoms with Crippen LogP contribution < -0.4 is 5.32 Å². The molecule has 3 rings (SSSR count). The van der Waals surface area contributed by atoms with Crippen LogP contribution in [0.15, 0.2) is 47.1 Å². The Balaban J connectivity index is 1.64. The lowest BCUT2D eigenvalue weighted by molar-refractivity contribution is -0.127. The Morgan fingerprint density at radius 3 is 2.53 bits per heavy atom. The van der Waals surface area contributed by atoms with E-state index in [4.69, 9.17) is 20.8 Å². The molecule has 1 fully saturated rings. The molecule has 2 amide bonds. The van der Waals surface area contributed by atoms with Gasteiger partial charge >= 0.3 is 0 Å². The van der Waals surface area contributed by atoms with E-state index in [0.717, 1.165) is 12.0 Å². The summed E-state index contributed by atoms with van der Waals surface area (Å²) in [7, 11) is 0. The van der Waals surface area contributed by atoms with E-state index >= 15 is 0 Å². The average Bonchev–Trinajstić information content (AvgIpc) is 3.30. The summed E-state index contributed by atoms with van der Waals surface area (Å²) in [5.41, 5.74) is 0.882. The van der Waals surface area contributed by atoms with Gasteiger partial charge in [0.15, 0.2) is 5.76 Å². The molecule has 0 spiro atoms. The number of hydrogen-bond donors (Lipinski definition) is 1. The van der Waals surface area contributed by atoms with Crippen LogP contribution in [0.5, 0.6) is 0 Å². The van der Waals surface area contributed by atoms with Gasteiger partial charge in [0.2, 0.25) is 5.91 Å². The maximum absolute atomic E-state index is 13.0. The number of halogens is 1. The third-order valence-corrected chi connectivity index (χ3v) is 5.35. The third kappa shape index (κ3) is 5.84. The standard InChI is InChI=1S/C22H28ClN3O4/c1-2-29-15-4-10-24-21(27)20(17-6-8-18(23)9-7-17)25-11-13-26(14-12-25)22(28)19-5-3-16-30-19/h3,5-9,16,20H,2,4,10-15H2,1H3,(H,24,27)/t20-/m0/s1. The summed E-state index contributed by atoms with van der Waals surface area (Å²) < 4.78 is 10.6. The summed E-state index contributed by atoms with van der Waals surface area (Å²) in [5, 5.41) is 3.65. The van der Waals surface area contributed by atoms with Crippen molar-refractivity contribution in [2.24, 2.45) is 0 Å². The molecule has 0 aliphatic carbocycles. The predicted octanol–water partition coefficient (Wildman–Crippen LogP) is 2.97. The first-order valence-corrected chi connectivity index (χ1v) is 10.7. The fraction of sp³-hybridized carbons (Fsp3) is 0.455. The zero-order chi connectivity index (χ0) is 21.3. The molecule has 1 aliphatic heterocycles. The molecule has 0 radical (unpaired) electrons. The molecule has 2 aromatic rings. The second kappa shape index (κ2) is 11.2. The Labute approximate surface area is 181 Å². The number of benzene rings is 1. The van der Waals surface area contributed by atoms with E-state index in [1.54, 1.807) is 29.2 Å². The van der Waals surface area contributed by atoms with Crippen molar-refractivity contribution in [3.63, 3.8) is 0 Å². The van der Waals surface area contributed by atoms with Gasteiger partial charge in [-0.15, -0.1) is 0 Å². The Morgan fingerprint density at radius 1 is 1.17 bits per heavy atom. The van der Waals surface area contributed by atoms with E-state index in [1.165, 1.54) is 6.26 Å². The minimum atomic E-state index is -0.435. The van der Waals surface area contributed by atoms with Crippen LogP contribution in [-0.2, 0) is 9.53 Å². The van der Waals surface area contributed by atoms with E-state index in [0.29, 0.717) is 56.7 Å². The highest BCUT2D eigenvalue weighted by molar-refractivity contribution is 6.30. The number of amides is 2. The van der Waals surface area contributed by atoms with Crippen molar-refractivity contribution in [2.45, 2.75) is 19.4 Å². The zero-order valence-corrected chi connectivity index (χ0v) is 17.9. The molecule has 0 bridgehead atoms.